The van der Waals surface area contributed by atoms with Gasteiger partial charge in [-0.15, -0.1) is 0 Å². The fourth-order valence-electron chi connectivity index (χ4n) is 9.41. The highest BCUT2D eigenvalue weighted by Crippen LogP contribution is 2.17. The number of carbonyl (C=O) groups excluding carboxylic acids is 3. The first-order valence-corrected chi connectivity index (χ1v) is 32.1. The molecule has 0 radical (unpaired) electrons. The van der Waals surface area contributed by atoms with E-state index in [1.807, 2.05) is 0 Å². The summed E-state index contributed by atoms with van der Waals surface area (Å²) in [6.07, 6.45) is 77.1. The van der Waals surface area contributed by atoms with Gasteiger partial charge < -0.3 is 14.2 Å². The zero-order valence-electron chi connectivity index (χ0n) is 48.9. The molecular formula is C67H122O6. The Morgan fingerprint density at radius 1 is 0.274 bits per heavy atom. The molecule has 0 aromatic carbocycles. The summed E-state index contributed by atoms with van der Waals surface area (Å²) in [5.41, 5.74) is 0. The zero-order valence-corrected chi connectivity index (χ0v) is 48.9. The summed E-state index contributed by atoms with van der Waals surface area (Å²) in [6.45, 7) is 6.58. The van der Waals surface area contributed by atoms with Crippen LogP contribution in [0.25, 0.3) is 0 Å². The maximum Gasteiger partial charge on any atom is 0.306 e. The first kappa shape index (κ1) is 70.4. The molecule has 0 aliphatic carbocycles. The highest BCUT2D eigenvalue weighted by molar-refractivity contribution is 5.71. The van der Waals surface area contributed by atoms with Gasteiger partial charge in [0.2, 0.25) is 0 Å². The predicted octanol–water partition coefficient (Wildman–Crippen LogP) is 21.8. The van der Waals surface area contributed by atoms with Crippen LogP contribution >= 0.6 is 0 Å². The Bertz CT molecular complexity index is 1270. The zero-order chi connectivity index (χ0) is 52.9. The number of ether oxygens (including phenoxy) is 3. The van der Waals surface area contributed by atoms with Crippen LogP contribution in [0.2, 0.25) is 0 Å². The highest BCUT2D eigenvalue weighted by Gasteiger charge is 2.19. The SMILES string of the molecule is CCC/C=C\CCCCCCCC(=O)OCC(COC(=O)CCCCCCCCCCCCCCCCCCC/C=C\CCCCCCCCCC)OC(=O)CCCCCCC/C=C\C/C=C\CCCCCC. The van der Waals surface area contributed by atoms with Crippen molar-refractivity contribution < 1.29 is 28.6 Å². The van der Waals surface area contributed by atoms with E-state index in [0.29, 0.717) is 19.3 Å². The van der Waals surface area contributed by atoms with Gasteiger partial charge in [0, 0.05) is 19.3 Å². The second-order valence-corrected chi connectivity index (χ2v) is 21.7. The number of hydrogen-bond acceptors (Lipinski definition) is 6. The minimum Gasteiger partial charge on any atom is -0.462 e. The average molecular weight is 1020 g/mol. The maximum absolute atomic E-state index is 12.8. The van der Waals surface area contributed by atoms with E-state index >= 15 is 0 Å². The Kier molecular flexibility index (Phi) is 59.7. The second-order valence-electron chi connectivity index (χ2n) is 21.7. The van der Waals surface area contributed by atoms with Crippen molar-refractivity contribution in [3.05, 3.63) is 48.6 Å². The van der Waals surface area contributed by atoms with Gasteiger partial charge >= 0.3 is 17.9 Å². The van der Waals surface area contributed by atoms with E-state index in [1.165, 1.54) is 205 Å². The molecule has 0 N–H and O–H groups in total. The molecule has 0 aromatic heterocycles. The lowest BCUT2D eigenvalue weighted by Crippen LogP contribution is -2.30. The van der Waals surface area contributed by atoms with E-state index in [0.717, 1.165) is 96.3 Å². The Morgan fingerprint density at radius 2 is 0.521 bits per heavy atom. The molecule has 1 atom stereocenters. The van der Waals surface area contributed by atoms with E-state index in [-0.39, 0.29) is 31.1 Å². The summed E-state index contributed by atoms with van der Waals surface area (Å²) in [4.78, 5) is 38.1. The number of rotatable bonds is 59. The van der Waals surface area contributed by atoms with E-state index in [9.17, 15) is 14.4 Å². The predicted molar refractivity (Wildman–Crippen MR) is 316 cm³/mol. The monoisotopic (exact) mass is 1020 g/mol. The summed E-state index contributed by atoms with van der Waals surface area (Å²) in [5.74, 6) is -0.888. The van der Waals surface area contributed by atoms with Crippen molar-refractivity contribution in [2.75, 3.05) is 13.2 Å². The van der Waals surface area contributed by atoms with Crippen LogP contribution in [-0.4, -0.2) is 37.2 Å². The Labute approximate surface area is 454 Å². The van der Waals surface area contributed by atoms with Gasteiger partial charge in [0.15, 0.2) is 6.10 Å². The van der Waals surface area contributed by atoms with Crippen LogP contribution in [0.4, 0.5) is 0 Å². The third-order valence-electron chi connectivity index (χ3n) is 14.3. The number of carbonyl (C=O) groups is 3. The van der Waals surface area contributed by atoms with Gasteiger partial charge in [0.05, 0.1) is 0 Å². The summed E-state index contributed by atoms with van der Waals surface area (Å²) < 4.78 is 16.9. The van der Waals surface area contributed by atoms with Crippen molar-refractivity contribution >= 4 is 17.9 Å². The molecule has 6 heteroatoms. The quantitative estimate of drug-likeness (QED) is 0.0261. The molecule has 426 valence electrons. The first-order valence-electron chi connectivity index (χ1n) is 32.1. The van der Waals surface area contributed by atoms with Crippen LogP contribution in [-0.2, 0) is 28.6 Å². The van der Waals surface area contributed by atoms with Crippen molar-refractivity contribution in [1.29, 1.82) is 0 Å². The van der Waals surface area contributed by atoms with Crippen LogP contribution < -0.4 is 0 Å². The molecule has 73 heavy (non-hydrogen) atoms. The molecule has 0 amide bonds. The Hall–Kier alpha value is -2.63. The van der Waals surface area contributed by atoms with E-state index in [1.54, 1.807) is 0 Å². The molecular weight excluding hydrogens is 901 g/mol. The van der Waals surface area contributed by atoms with Crippen molar-refractivity contribution in [2.45, 2.75) is 348 Å². The summed E-state index contributed by atoms with van der Waals surface area (Å²) >= 11 is 0. The number of allylic oxidation sites excluding steroid dienone is 8. The van der Waals surface area contributed by atoms with Crippen LogP contribution in [0.15, 0.2) is 48.6 Å². The third-order valence-corrected chi connectivity index (χ3v) is 14.3. The molecule has 0 aliphatic heterocycles. The standard InChI is InChI=1S/C67H122O6/c1-4-7-10-13-16-19-22-24-26-28-29-30-31-32-33-34-35-36-37-38-39-40-42-43-45-48-51-54-57-60-66(69)72-63-64(62-71-65(68)59-56-53-50-47-21-18-15-12-9-6-3)73-67(70)61-58-55-52-49-46-44-41-27-25-23-20-17-14-11-8-5-2/h12,15,20,23,27-29,41,64H,4-11,13-14,16-19,21-22,24-26,30-40,42-63H2,1-3H3/b15-12-,23-20-,29-28-,41-27-. The van der Waals surface area contributed by atoms with Gasteiger partial charge in [-0.2, -0.15) is 0 Å². The molecule has 0 bridgehead atoms. The molecule has 0 spiro atoms. The first-order chi connectivity index (χ1) is 36.0. The smallest absolute Gasteiger partial charge is 0.306 e. The molecule has 0 fully saturated rings. The molecule has 0 saturated heterocycles. The topological polar surface area (TPSA) is 78.9 Å². The highest BCUT2D eigenvalue weighted by atomic mass is 16.6. The molecule has 6 nitrogen and oxygen atoms in total. The second kappa shape index (κ2) is 61.9. The number of esters is 3. The van der Waals surface area contributed by atoms with E-state index in [2.05, 4.69) is 69.4 Å². The average Bonchev–Trinajstić information content (AvgIpc) is 3.39. The van der Waals surface area contributed by atoms with Crippen LogP contribution in [0.1, 0.15) is 342 Å². The summed E-state index contributed by atoms with van der Waals surface area (Å²) in [6, 6.07) is 0. The maximum atomic E-state index is 12.8. The lowest BCUT2D eigenvalue weighted by molar-refractivity contribution is -0.167. The molecule has 0 aromatic rings. The fraction of sp³-hybridized carbons (Fsp3) is 0.836. The Balaban J connectivity index is 4.13. The van der Waals surface area contributed by atoms with Gasteiger partial charge in [-0.25, -0.2) is 0 Å². The van der Waals surface area contributed by atoms with Gasteiger partial charge in [-0.05, 0) is 96.3 Å². The van der Waals surface area contributed by atoms with Crippen molar-refractivity contribution in [3.8, 4) is 0 Å². The largest absolute Gasteiger partial charge is 0.462 e. The van der Waals surface area contributed by atoms with Gasteiger partial charge in [0.25, 0.3) is 0 Å². The van der Waals surface area contributed by atoms with Crippen molar-refractivity contribution in [3.63, 3.8) is 0 Å². The van der Waals surface area contributed by atoms with Gasteiger partial charge in [0.1, 0.15) is 13.2 Å². The van der Waals surface area contributed by atoms with Crippen LogP contribution in [0, 0.1) is 0 Å². The lowest BCUT2D eigenvalue weighted by atomic mass is 10.0. The fourth-order valence-corrected chi connectivity index (χ4v) is 9.41. The van der Waals surface area contributed by atoms with Crippen molar-refractivity contribution in [2.24, 2.45) is 0 Å². The van der Waals surface area contributed by atoms with Gasteiger partial charge in [-0.3, -0.25) is 14.4 Å². The minimum atomic E-state index is -0.782. The summed E-state index contributed by atoms with van der Waals surface area (Å²) in [7, 11) is 0. The van der Waals surface area contributed by atoms with E-state index in [4.69, 9.17) is 14.2 Å². The summed E-state index contributed by atoms with van der Waals surface area (Å²) in [5, 5.41) is 0. The normalized spacial score (nSPS) is 12.3. The minimum absolute atomic E-state index is 0.0788. The van der Waals surface area contributed by atoms with E-state index < -0.39 is 6.10 Å². The number of unbranched alkanes of at least 4 members (excludes halogenated alkanes) is 40. The van der Waals surface area contributed by atoms with Gasteiger partial charge in [-0.1, -0.05) is 275 Å². The van der Waals surface area contributed by atoms with Crippen LogP contribution in [0.3, 0.4) is 0 Å². The Morgan fingerprint density at radius 3 is 0.836 bits per heavy atom. The molecule has 0 heterocycles. The number of hydrogen-bond donors (Lipinski definition) is 0. The molecule has 0 aliphatic rings. The van der Waals surface area contributed by atoms with Crippen molar-refractivity contribution in [1.82, 2.24) is 0 Å². The third kappa shape index (κ3) is 60.1. The molecule has 0 rings (SSSR count). The molecule has 0 saturated carbocycles. The van der Waals surface area contributed by atoms with Crippen LogP contribution in [0.5, 0.6) is 0 Å². The lowest BCUT2D eigenvalue weighted by Gasteiger charge is -2.18. The molecule has 1 unspecified atom stereocenters.